The van der Waals surface area contributed by atoms with Gasteiger partial charge in [0.1, 0.15) is 5.82 Å². The number of aromatic nitrogens is 3. The molecule has 0 saturated carbocycles. The monoisotopic (exact) mass is 343 g/mol. The number of amides is 2. The smallest absolute Gasteiger partial charge is 0.294 e. The Labute approximate surface area is 148 Å². The summed E-state index contributed by atoms with van der Waals surface area (Å²) in [5.41, 5.74) is 2.04. The first kappa shape index (κ1) is 18.6. The van der Waals surface area contributed by atoms with Crippen LogP contribution in [0.1, 0.15) is 48.7 Å². The summed E-state index contributed by atoms with van der Waals surface area (Å²) in [5, 5.41) is 6.93. The van der Waals surface area contributed by atoms with Gasteiger partial charge in [0.25, 0.3) is 5.91 Å². The topological polar surface area (TPSA) is 80.1 Å². The molecule has 0 unspecified atom stereocenters. The van der Waals surface area contributed by atoms with E-state index in [1.165, 1.54) is 4.90 Å². The summed E-state index contributed by atoms with van der Waals surface area (Å²) in [4.78, 5) is 30.0. The number of aryl methyl sites for hydroxylation is 1. The van der Waals surface area contributed by atoms with Crippen molar-refractivity contribution in [3.05, 3.63) is 41.5 Å². The average molecular weight is 343 g/mol. The predicted octanol–water partition coefficient (Wildman–Crippen LogP) is 1.91. The molecule has 1 heterocycles. The second-order valence-electron chi connectivity index (χ2n) is 6.10. The third-order valence-electron chi connectivity index (χ3n) is 4.03. The molecule has 0 fully saturated rings. The standard InChI is InChI=1S/C18H25N5O2/c1-6-22(11-16(24)19-5)18(25)17-20-13(4)23(21-17)15-10-8-7-9-14(15)12(2)3/h7-10,12H,6,11H2,1-5H3,(H,19,24). The molecule has 0 aliphatic heterocycles. The summed E-state index contributed by atoms with van der Waals surface area (Å²) >= 11 is 0. The molecule has 0 aliphatic carbocycles. The van der Waals surface area contributed by atoms with Gasteiger partial charge in [0.15, 0.2) is 0 Å². The van der Waals surface area contributed by atoms with E-state index in [1.54, 1.807) is 11.7 Å². The maximum Gasteiger partial charge on any atom is 0.294 e. The van der Waals surface area contributed by atoms with Gasteiger partial charge in [-0.05, 0) is 31.4 Å². The van der Waals surface area contributed by atoms with Crippen molar-refractivity contribution in [1.29, 1.82) is 0 Å². The van der Waals surface area contributed by atoms with E-state index in [2.05, 4.69) is 29.2 Å². The zero-order chi connectivity index (χ0) is 18.6. The molecule has 2 aromatic rings. The summed E-state index contributed by atoms with van der Waals surface area (Å²) in [7, 11) is 1.54. The van der Waals surface area contributed by atoms with Crippen LogP contribution in [0.4, 0.5) is 0 Å². The molecule has 0 radical (unpaired) electrons. The summed E-state index contributed by atoms with van der Waals surface area (Å²) in [6.45, 7) is 8.25. The molecule has 7 heteroatoms. The van der Waals surface area contributed by atoms with Gasteiger partial charge in [-0.25, -0.2) is 9.67 Å². The fraction of sp³-hybridized carbons (Fsp3) is 0.444. The minimum Gasteiger partial charge on any atom is -0.358 e. The van der Waals surface area contributed by atoms with Gasteiger partial charge in [0.05, 0.1) is 12.2 Å². The third-order valence-corrected chi connectivity index (χ3v) is 4.03. The Morgan fingerprint density at radius 3 is 2.56 bits per heavy atom. The van der Waals surface area contributed by atoms with E-state index in [0.717, 1.165) is 11.3 Å². The maximum absolute atomic E-state index is 12.7. The lowest BCUT2D eigenvalue weighted by Crippen LogP contribution is -2.40. The second kappa shape index (κ2) is 7.92. The number of likely N-dealkylation sites (N-methyl/N-ethyl adjacent to an activating group) is 2. The number of hydrogen-bond acceptors (Lipinski definition) is 4. The molecule has 1 aromatic heterocycles. The number of carbonyl (C=O) groups excluding carboxylic acids is 2. The van der Waals surface area contributed by atoms with E-state index < -0.39 is 0 Å². The Bertz CT molecular complexity index is 767. The SMILES string of the molecule is CCN(CC(=O)NC)C(=O)c1nc(C)n(-c2ccccc2C(C)C)n1. The number of hydrogen-bond donors (Lipinski definition) is 1. The Morgan fingerprint density at radius 1 is 1.28 bits per heavy atom. The number of nitrogens with zero attached hydrogens (tertiary/aromatic N) is 4. The van der Waals surface area contributed by atoms with E-state index in [0.29, 0.717) is 18.3 Å². The summed E-state index contributed by atoms with van der Waals surface area (Å²) in [6.07, 6.45) is 0. The molecular formula is C18H25N5O2. The molecule has 2 amide bonds. The lowest BCUT2D eigenvalue weighted by atomic mass is 10.0. The van der Waals surface area contributed by atoms with E-state index in [1.807, 2.05) is 38.1 Å². The van der Waals surface area contributed by atoms with Crippen molar-refractivity contribution in [2.24, 2.45) is 0 Å². The zero-order valence-electron chi connectivity index (χ0n) is 15.4. The van der Waals surface area contributed by atoms with Crippen molar-refractivity contribution >= 4 is 11.8 Å². The van der Waals surface area contributed by atoms with Gasteiger partial charge < -0.3 is 10.2 Å². The molecular weight excluding hydrogens is 318 g/mol. The molecule has 0 aliphatic rings. The van der Waals surface area contributed by atoms with Crippen molar-refractivity contribution in [1.82, 2.24) is 25.0 Å². The van der Waals surface area contributed by atoms with Gasteiger partial charge in [-0.15, -0.1) is 5.10 Å². The van der Waals surface area contributed by atoms with Gasteiger partial charge in [-0.2, -0.15) is 0 Å². The Kier molecular flexibility index (Phi) is 5.90. The largest absolute Gasteiger partial charge is 0.358 e. The Balaban J connectivity index is 2.37. The zero-order valence-corrected chi connectivity index (χ0v) is 15.4. The van der Waals surface area contributed by atoms with E-state index >= 15 is 0 Å². The first-order valence-corrected chi connectivity index (χ1v) is 8.41. The third kappa shape index (κ3) is 4.04. The fourth-order valence-corrected chi connectivity index (χ4v) is 2.60. The van der Waals surface area contributed by atoms with Crippen molar-refractivity contribution in [2.45, 2.75) is 33.6 Å². The number of para-hydroxylation sites is 1. The van der Waals surface area contributed by atoms with Crippen LogP contribution in [0.3, 0.4) is 0 Å². The van der Waals surface area contributed by atoms with Crippen LogP contribution in [0.5, 0.6) is 0 Å². The highest BCUT2D eigenvalue weighted by Gasteiger charge is 2.23. The van der Waals surface area contributed by atoms with E-state index in [4.69, 9.17) is 0 Å². The molecule has 7 nitrogen and oxygen atoms in total. The highest BCUT2D eigenvalue weighted by atomic mass is 16.2. The fourth-order valence-electron chi connectivity index (χ4n) is 2.60. The molecule has 1 N–H and O–H groups in total. The Morgan fingerprint density at radius 2 is 1.96 bits per heavy atom. The molecule has 0 saturated heterocycles. The summed E-state index contributed by atoms with van der Waals surface area (Å²) in [5.74, 6) is 0.472. The predicted molar refractivity (Wildman–Crippen MR) is 95.8 cm³/mol. The normalized spacial score (nSPS) is 10.8. The molecule has 0 atom stereocenters. The van der Waals surface area contributed by atoms with Gasteiger partial charge in [-0.1, -0.05) is 32.0 Å². The van der Waals surface area contributed by atoms with Crippen molar-refractivity contribution < 1.29 is 9.59 Å². The summed E-state index contributed by atoms with van der Waals surface area (Å²) in [6, 6.07) is 7.94. The van der Waals surface area contributed by atoms with E-state index in [9.17, 15) is 9.59 Å². The van der Waals surface area contributed by atoms with Gasteiger partial charge in [-0.3, -0.25) is 9.59 Å². The second-order valence-corrected chi connectivity index (χ2v) is 6.10. The number of nitrogens with one attached hydrogen (secondary N) is 1. The van der Waals surface area contributed by atoms with Gasteiger partial charge in [0, 0.05) is 13.6 Å². The first-order valence-electron chi connectivity index (χ1n) is 8.41. The molecule has 134 valence electrons. The number of benzene rings is 1. The Hall–Kier alpha value is -2.70. The van der Waals surface area contributed by atoms with E-state index in [-0.39, 0.29) is 24.2 Å². The van der Waals surface area contributed by atoms with Crippen LogP contribution in [-0.4, -0.2) is 51.6 Å². The van der Waals surface area contributed by atoms with Crippen molar-refractivity contribution in [2.75, 3.05) is 20.1 Å². The number of carbonyl (C=O) groups is 2. The molecule has 2 rings (SSSR count). The van der Waals surface area contributed by atoms with Crippen LogP contribution < -0.4 is 5.32 Å². The van der Waals surface area contributed by atoms with Crippen LogP contribution in [0.2, 0.25) is 0 Å². The maximum atomic E-state index is 12.7. The van der Waals surface area contributed by atoms with Crippen molar-refractivity contribution in [3.63, 3.8) is 0 Å². The summed E-state index contributed by atoms with van der Waals surface area (Å²) < 4.78 is 1.69. The van der Waals surface area contributed by atoms with Crippen LogP contribution >= 0.6 is 0 Å². The highest BCUT2D eigenvalue weighted by molar-refractivity contribution is 5.93. The van der Waals surface area contributed by atoms with Gasteiger partial charge in [0.2, 0.25) is 11.7 Å². The first-order chi connectivity index (χ1) is 11.9. The minimum atomic E-state index is -0.352. The van der Waals surface area contributed by atoms with Crippen LogP contribution in [0.15, 0.2) is 24.3 Å². The van der Waals surface area contributed by atoms with Crippen LogP contribution in [-0.2, 0) is 4.79 Å². The lowest BCUT2D eigenvalue weighted by molar-refractivity contribution is -0.121. The lowest BCUT2D eigenvalue weighted by Gasteiger charge is -2.17. The van der Waals surface area contributed by atoms with Crippen LogP contribution in [0.25, 0.3) is 5.69 Å². The molecule has 0 spiro atoms. The highest BCUT2D eigenvalue weighted by Crippen LogP contribution is 2.23. The molecule has 1 aromatic carbocycles. The minimum absolute atomic E-state index is 0.0119. The van der Waals surface area contributed by atoms with Crippen molar-refractivity contribution in [3.8, 4) is 5.69 Å². The van der Waals surface area contributed by atoms with Gasteiger partial charge >= 0.3 is 0 Å². The van der Waals surface area contributed by atoms with Crippen LogP contribution in [0, 0.1) is 6.92 Å². The average Bonchev–Trinajstić information content (AvgIpc) is 3.00. The molecule has 25 heavy (non-hydrogen) atoms. The molecule has 0 bridgehead atoms. The quantitative estimate of drug-likeness (QED) is 0.869. The number of rotatable bonds is 6.